The standard InChI is InChI=1S/C35H24N2O/c1-2-11-23(12-3-1)31-21-22-32(37-36-31)26-15-10-19-30-34(26)38-33-20-9-8-18-29(33)35(30)27-16-6-4-13-24(27)25-14-5-7-17-28(25)35/h1-22,31,36H. The zero-order valence-electron chi connectivity index (χ0n) is 20.6. The lowest BCUT2D eigenvalue weighted by molar-refractivity contribution is 0.435. The highest BCUT2D eigenvalue weighted by Gasteiger charge is 2.51. The first-order chi connectivity index (χ1) is 18.9. The Morgan fingerprint density at radius 3 is 1.89 bits per heavy atom. The number of benzene rings is 5. The normalized spacial score (nSPS) is 17.4. The van der Waals surface area contributed by atoms with Crippen molar-refractivity contribution in [3.05, 3.63) is 167 Å². The fourth-order valence-corrected chi connectivity index (χ4v) is 6.48. The van der Waals surface area contributed by atoms with E-state index < -0.39 is 5.41 Å². The van der Waals surface area contributed by atoms with Crippen molar-refractivity contribution in [1.29, 1.82) is 0 Å². The second kappa shape index (κ2) is 8.06. The minimum atomic E-state index is -0.466. The summed E-state index contributed by atoms with van der Waals surface area (Å²) >= 11 is 0. The Hall–Kier alpha value is -4.89. The summed E-state index contributed by atoms with van der Waals surface area (Å²) in [5.74, 6) is 1.75. The molecule has 5 aromatic carbocycles. The molecule has 1 aliphatic carbocycles. The van der Waals surface area contributed by atoms with E-state index in [9.17, 15) is 0 Å². The third-order valence-electron chi connectivity index (χ3n) is 8.08. The van der Waals surface area contributed by atoms with Gasteiger partial charge < -0.3 is 4.74 Å². The molecule has 3 nitrogen and oxygen atoms in total. The molecule has 8 rings (SSSR count). The molecule has 2 heterocycles. The molecule has 0 fully saturated rings. The molecule has 0 aromatic heterocycles. The molecule has 180 valence electrons. The van der Waals surface area contributed by atoms with Crippen LogP contribution in [0.25, 0.3) is 11.1 Å². The first kappa shape index (κ1) is 21.2. The number of rotatable bonds is 2. The highest BCUT2D eigenvalue weighted by atomic mass is 16.5. The van der Waals surface area contributed by atoms with Crippen LogP contribution in [0.3, 0.4) is 0 Å². The summed E-state index contributed by atoms with van der Waals surface area (Å²) in [7, 11) is 0. The summed E-state index contributed by atoms with van der Waals surface area (Å²) in [4.78, 5) is 0. The van der Waals surface area contributed by atoms with E-state index in [4.69, 9.17) is 9.84 Å². The van der Waals surface area contributed by atoms with E-state index in [2.05, 4.69) is 133 Å². The van der Waals surface area contributed by atoms with Crippen molar-refractivity contribution in [3.8, 4) is 22.6 Å². The lowest BCUT2D eigenvalue weighted by Crippen LogP contribution is -2.33. The second-order valence-electron chi connectivity index (χ2n) is 10.00. The van der Waals surface area contributed by atoms with Gasteiger partial charge in [-0.3, -0.25) is 5.43 Å². The maximum atomic E-state index is 6.75. The van der Waals surface area contributed by atoms with E-state index in [1.807, 2.05) is 6.07 Å². The summed E-state index contributed by atoms with van der Waals surface area (Å²) in [6.45, 7) is 0. The summed E-state index contributed by atoms with van der Waals surface area (Å²) in [5.41, 5.74) is 13.4. The van der Waals surface area contributed by atoms with E-state index in [0.717, 1.165) is 28.3 Å². The fourth-order valence-electron chi connectivity index (χ4n) is 6.48. The van der Waals surface area contributed by atoms with Crippen LogP contribution in [0.1, 0.15) is 39.4 Å². The topological polar surface area (TPSA) is 33.6 Å². The first-order valence-corrected chi connectivity index (χ1v) is 13.0. The summed E-state index contributed by atoms with van der Waals surface area (Å²) in [5, 5.41) is 4.83. The van der Waals surface area contributed by atoms with Crippen LogP contribution in [0.2, 0.25) is 0 Å². The predicted molar refractivity (Wildman–Crippen MR) is 152 cm³/mol. The van der Waals surface area contributed by atoms with Gasteiger partial charge in [-0.15, -0.1) is 0 Å². The molecule has 1 unspecified atom stereocenters. The Bertz CT molecular complexity index is 1740. The minimum Gasteiger partial charge on any atom is -0.456 e. The van der Waals surface area contributed by atoms with Gasteiger partial charge in [-0.2, -0.15) is 5.10 Å². The van der Waals surface area contributed by atoms with Crippen LogP contribution in [0, 0.1) is 0 Å². The third kappa shape index (κ3) is 2.81. The van der Waals surface area contributed by atoms with Gasteiger partial charge >= 0.3 is 0 Å². The quantitative estimate of drug-likeness (QED) is 0.270. The Balaban J connectivity index is 1.35. The van der Waals surface area contributed by atoms with Crippen molar-refractivity contribution in [2.24, 2.45) is 5.10 Å². The van der Waals surface area contributed by atoms with Gasteiger partial charge in [0, 0.05) is 16.7 Å². The minimum absolute atomic E-state index is 0.0426. The number of allylic oxidation sites excluding steroid dienone is 1. The summed E-state index contributed by atoms with van der Waals surface area (Å²) in [6.07, 6.45) is 4.28. The predicted octanol–water partition coefficient (Wildman–Crippen LogP) is 7.76. The monoisotopic (exact) mass is 488 g/mol. The summed E-state index contributed by atoms with van der Waals surface area (Å²) < 4.78 is 6.75. The number of hydrazone groups is 1. The molecule has 0 amide bonds. The molecule has 0 saturated heterocycles. The number of hydrogen-bond acceptors (Lipinski definition) is 3. The molecule has 38 heavy (non-hydrogen) atoms. The van der Waals surface area contributed by atoms with Crippen LogP contribution < -0.4 is 10.2 Å². The van der Waals surface area contributed by atoms with Crippen molar-refractivity contribution in [3.63, 3.8) is 0 Å². The van der Waals surface area contributed by atoms with Crippen molar-refractivity contribution in [2.75, 3.05) is 0 Å². The number of hydrogen-bond donors (Lipinski definition) is 1. The van der Waals surface area contributed by atoms with Gasteiger partial charge in [0.2, 0.25) is 0 Å². The van der Waals surface area contributed by atoms with Crippen molar-refractivity contribution in [2.45, 2.75) is 11.5 Å². The van der Waals surface area contributed by atoms with Crippen molar-refractivity contribution >= 4 is 5.71 Å². The zero-order valence-corrected chi connectivity index (χ0v) is 20.6. The number of para-hydroxylation sites is 2. The van der Waals surface area contributed by atoms with Crippen molar-refractivity contribution in [1.82, 2.24) is 5.43 Å². The van der Waals surface area contributed by atoms with E-state index >= 15 is 0 Å². The van der Waals surface area contributed by atoms with E-state index in [0.29, 0.717) is 0 Å². The lowest BCUT2D eigenvalue weighted by Gasteiger charge is -2.40. The van der Waals surface area contributed by atoms with E-state index in [-0.39, 0.29) is 6.04 Å². The Morgan fingerprint density at radius 2 is 1.18 bits per heavy atom. The van der Waals surface area contributed by atoms with Gasteiger partial charge in [0.1, 0.15) is 11.5 Å². The molecule has 5 aromatic rings. The average Bonchev–Trinajstić information content (AvgIpc) is 3.29. The summed E-state index contributed by atoms with van der Waals surface area (Å²) in [6, 6.07) is 43.0. The van der Waals surface area contributed by atoms with Crippen LogP contribution in [-0.2, 0) is 5.41 Å². The Kier molecular flexibility index (Phi) is 4.50. The fraction of sp³-hybridized carbons (Fsp3) is 0.0571. The molecule has 3 aliphatic rings. The lowest BCUT2D eigenvalue weighted by atomic mass is 9.65. The van der Waals surface area contributed by atoms with Crippen LogP contribution >= 0.6 is 0 Å². The van der Waals surface area contributed by atoms with Gasteiger partial charge in [0.15, 0.2) is 0 Å². The molecule has 2 aliphatic heterocycles. The van der Waals surface area contributed by atoms with E-state index in [1.165, 1.54) is 33.4 Å². The third-order valence-corrected chi connectivity index (χ3v) is 8.08. The molecule has 3 heteroatoms. The molecule has 0 bridgehead atoms. The van der Waals surface area contributed by atoms with Gasteiger partial charge in [-0.05, 0) is 46.0 Å². The van der Waals surface area contributed by atoms with Gasteiger partial charge in [0.05, 0.1) is 17.2 Å². The first-order valence-electron chi connectivity index (χ1n) is 13.0. The maximum absolute atomic E-state index is 6.75. The van der Waals surface area contributed by atoms with Gasteiger partial charge in [-0.1, -0.05) is 115 Å². The van der Waals surface area contributed by atoms with Gasteiger partial charge in [-0.25, -0.2) is 0 Å². The SMILES string of the molecule is C1=CC(c2ccccc2)NN=C1c1cccc2c1Oc1ccccc1C21c2ccccc2-c2ccccc21. The number of fused-ring (bicyclic) bond motifs is 9. The Morgan fingerprint density at radius 1 is 0.579 bits per heavy atom. The van der Waals surface area contributed by atoms with E-state index in [1.54, 1.807) is 0 Å². The maximum Gasteiger partial charge on any atom is 0.141 e. The van der Waals surface area contributed by atoms with Crippen LogP contribution in [0.4, 0.5) is 0 Å². The average molecular weight is 489 g/mol. The second-order valence-corrected chi connectivity index (χ2v) is 10.00. The Labute approximate surface area is 221 Å². The van der Waals surface area contributed by atoms with Crippen LogP contribution in [-0.4, -0.2) is 5.71 Å². The molecule has 1 N–H and O–H groups in total. The molecular weight excluding hydrogens is 464 g/mol. The number of nitrogens with zero attached hydrogens (tertiary/aromatic N) is 1. The molecule has 1 spiro atoms. The van der Waals surface area contributed by atoms with Crippen LogP contribution in [0.5, 0.6) is 11.5 Å². The molecule has 0 saturated carbocycles. The van der Waals surface area contributed by atoms with Crippen LogP contribution in [0.15, 0.2) is 139 Å². The largest absolute Gasteiger partial charge is 0.456 e. The smallest absolute Gasteiger partial charge is 0.141 e. The number of nitrogens with one attached hydrogen (secondary N) is 1. The molecular formula is C35H24N2O. The zero-order chi connectivity index (χ0) is 25.1. The highest BCUT2D eigenvalue weighted by molar-refractivity contribution is 6.11. The number of ether oxygens (including phenoxy) is 1. The van der Waals surface area contributed by atoms with Crippen molar-refractivity contribution < 1.29 is 4.74 Å². The molecule has 1 atom stereocenters. The van der Waals surface area contributed by atoms with Gasteiger partial charge in [0.25, 0.3) is 0 Å². The molecule has 0 radical (unpaired) electrons. The highest BCUT2D eigenvalue weighted by Crippen LogP contribution is 2.62.